The molecule has 1 nitrogen and oxygen atoms in total. The van der Waals surface area contributed by atoms with Crippen molar-refractivity contribution in [3.63, 3.8) is 0 Å². The molecule has 1 aromatic carbocycles. The van der Waals surface area contributed by atoms with Crippen LogP contribution in [0.15, 0.2) is 30.3 Å². The molecule has 0 aromatic heterocycles. The average molecular weight is 259 g/mol. The minimum Gasteiger partial charge on any atom is -0.415 e. The van der Waals surface area contributed by atoms with Gasteiger partial charge in [-0.1, -0.05) is 57.7 Å². The van der Waals surface area contributed by atoms with E-state index >= 15 is 0 Å². The second-order valence-corrected chi connectivity index (χ2v) is 8.38. The highest BCUT2D eigenvalue weighted by atomic mass is 28.3. The molecular weight excluding hydrogens is 236 g/mol. The lowest BCUT2D eigenvalue weighted by molar-refractivity contribution is 0.316. The van der Waals surface area contributed by atoms with Gasteiger partial charge in [0.25, 0.3) is 0 Å². The largest absolute Gasteiger partial charge is 0.415 e. The zero-order chi connectivity index (χ0) is 13.4. The van der Waals surface area contributed by atoms with Crippen LogP contribution in [0.1, 0.15) is 39.7 Å². The molecule has 0 unspecified atom stereocenters. The van der Waals surface area contributed by atoms with E-state index in [0.29, 0.717) is 11.1 Å². The second-order valence-electron chi connectivity index (χ2n) is 4.98. The van der Waals surface area contributed by atoms with Crippen LogP contribution in [-0.2, 0) is 4.43 Å². The number of benzene rings is 1. The fourth-order valence-corrected chi connectivity index (χ4v) is 4.24. The Kier molecular flexibility index (Phi) is 6.78. The molecule has 1 radical (unpaired) electrons. The maximum Gasteiger partial charge on any atom is 0.216 e. The fraction of sp³-hybridized carbons (Fsp3) is 0.500. The topological polar surface area (TPSA) is 9.23 Å². The summed E-state index contributed by atoms with van der Waals surface area (Å²) in [6.45, 7) is 9.78. The lowest BCUT2D eigenvalue weighted by Gasteiger charge is -2.21. The van der Waals surface area contributed by atoms with Gasteiger partial charge in [-0.3, -0.25) is 0 Å². The Morgan fingerprint density at radius 2 is 1.67 bits per heavy atom. The van der Waals surface area contributed by atoms with Gasteiger partial charge in [-0.25, -0.2) is 0 Å². The fourth-order valence-electron chi connectivity index (χ4n) is 1.91. The molecule has 0 spiro atoms. The van der Waals surface area contributed by atoms with Crippen LogP contribution in [0.4, 0.5) is 0 Å². The summed E-state index contributed by atoms with van der Waals surface area (Å²) in [4.78, 5) is 0. The molecule has 0 amide bonds. The van der Waals surface area contributed by atoms with Gasteiger partial charge in [-0.2, -0.15) is 0 Å². The molecule has 0 aliphatic heterocycles. The van der Waals surface area contributed by atoms with Gasteiger partial charge in [0.05, 0.1) is 0 Å². The SMILES string of the molecule is CC(C)[Si](OCCC#Cc1ccccc1)C(C)C. The summed E-state index contributed by atoms with van der Waals surface area (Å²) in [5.41, 5.74) is 2.41. The Balaban J connectivity index is 2.32. The van der Waals surface area contributed by atoms with Crippen LogP contribution in [-0.4, -0.2) is 15.6 Å². The predicted octanol–water partition coefficient (Wildman–Crippen LogP) is 4.26. The molecule has 1 rings (SSSR count). The van der Waals surface area contributed by atoms with E-state index in [4.69, 9.17) is 4.43 Å². The van der Waals surface area contributed by atoms with Gasteiger partial charge < -0.3 is 4.43 Å². The number of rotatable bonds is 5. The predicted molar refractivity (Wildman–Crippen MR) is 79.8 cm³/mol. The van der Waals surface area contributed by atoms with E-state index in [0.717, 1.165) is 18.6 Å². The number of hydrogen-bond donors (Lipinski definition) is 0. The first-order chi connectivity index (χ1) is 8.61. The zero-order valence-corrected chi connectivity index (χ0v) is 12.9. The molecule has 0 N–H and O–H groups in total. The van der Waals surface area contributed by atoms with Gasteiger partial charge in [0.2, 0.25) is 9.04 Å². The third kappa shape index (κ3) is 5.53. The molecule has 0 saturated heterocycles. The average Bonchev–Trinajstić information content (AvgIpc) is 2.34. The first-order valence-corrected chi connectivity index (χ1v) is 8.21. The first kappa shape index (κ1) is 15.0. The van der Waals surface area contributed by atoms with E-state index < -0.39 is 9.04 Å². The van der Waals surface area contributed by atoms with Crippen molar-refractivity contribution in [2.24, 2.45) is 0 Å². The molecule has 18 heavy (non-hydrogen) atoms. The van der Waals surface area contributed by atoms with Crippen molar-refractivity contribution in [3.8, 4) is 11.8 Å². The van der Waals surface area contributed by atoms with Crippen molar-refractivity contribution in [2.75, 3.05) is 6.61 Å². The Bertz CT molecular complexity index is 379. The summed E-state index contributed by atoms with van der Waals surface area (Å²) in [7, 11) is -0.691. The van der Waals surface area contributed by atoms with E-state index in [1.807, 2.05) is 30.3 Å². The van der Waals surface area contributed by atoms with Crippen LogP contribution in [0.2, 0.25) is 11.1 Å². The molecule has 0 fully saturated rings. The van der Waals surface area contributed by atoms with E-state index in [-0.39, 0.29) is 0 Å². The minimum atomic E-state index is -0.691. The molecule has 2 heteroatoms. The van der Waals surface area contributed by atoms with Crippen molar-refractivity contribution in [1.29, 1.82) is 0 Å². The molecule has 0 atom stereocenters. The van der Waals surface area contributed by atoms with Gasteiger partial charge in [0.15, 0.2) is 0 Å². The summed E-state index contributed by atoms with van der Waals surface area (Å²) in [5, 5.41) is 0. The Labute approximate surface area is 113 Å². The lowest BCUT2D eigenvalue weighted by atomic mass is 10.2. The zero-order valence-electron chi connectivity index (χ0n) is 11.9. The Morgan fingerprint density at radius 3 is 2.22 bits per heavy atom. The summed E-state index contributed by atoms with van der Waals surface area (Å²) in [6.07, 6.45) is 0.822. The lowest BCUT2D eigenvalue weighted by Crippen LogP contribution is -2.25. The summed E-state index contributed by atoms with van der Waals surface area (Å²) in [6, 6.07) is 10.1. The molecular formula is C16H23OSi. The van der Waals surface area contributed by atoms with Gasteiger partial charge in [-0.05, 0) is 23.2 Å². The van der Waals surface area contributed by atoms with Crippen LogP contribution in [0.25, 0.3) is 0 Å². The smallest absolute Gasteiger partial charge is 0.216 e. The molecule has 1 aromatic rings. The van der Waals surface area contributed by atoms with Crippen LogP contribution in [0.5, 0.6) is 0 Å². The van der Waals surface area contributed by atoms with E-state index in [1.54, 1.807) is 0 Å². The normalized spacial score (nSPS) is 10.8. The highest BCUT2D eigenvalue weighted by Crippen LogP contribution is 2.20. The van der Waals surface area contributed by atoms with Crippen LogP contribution >= 0.6 is 0 Å². The third-order valence-corrected chi connectivity index (χ3v) is 5.45. The van der Waals surface area contributed by atoms with Crippen molar-refractivity contribution in [2.45, 2.75) is 45.2 Å². The summed E-state index contributed by atoms with van der Waals surface area (Å²) < 4.78 is 6.00. The molecule has 0 aliphatic carbocycles. The molecule has 0 bridgehead atoms. The quantitative estimate of drug-likeness (QED) is 0.436. The standard InChI is InChI=1S/C16H23OSi/c1-14(2)18(15(3)4)17-13-9-8-12-16-10-6-5-7-11-16/h5-7,10-11,14-15H,9,13H2,1-4H3. The van der Waals surface area contributed by atoms with Crippen LogP contribution in [0.3, 0.4) is 0 Å². The van der Waals surface area contributed by atoms with Crippen molar-refractivity contribution in [1.82, 2.24) is 0 Å². The van der Waals surface area contributed by atoms with Crippen molar-refractivity contribution < 1.29 is 4.43 Å². The van der Waals surface area contributed by atoms with Gasteiger partial charge >= 0.3 is 0 Å². The van der Waals surface area contributed by atoms with Crippen molar-refractivity contribution in [3.05, 3.63) is 35.9 Å². The molecule has 0 heterocycles. The van der Waals surface area contributed by atoms with Crippen LogP contribution in [0, 0.1) is 11.8 Å². The Morgan fingerprint density at radius 1 is 1.06 bits per heavy atom. The van der Waals surface area contributed by atoms with Crippen molar-refractivity contribution >= 4 is 9.04 Å². The second kappa shape index (κ2) is 8.13. The minimum absolute atomic E-state index is 0.664. The Hall–Kier alpha value is -1.04. The highest BCUT2D eigenvalue weighted by Gasteiger charge is 2.21. The van der Waals surface area contributed by atoms with Gasteiger partial charge in [0, 0.05) is 18.6 Å². The highest BCUT2D eigenvalue weighted by molar-refractivity contribution is 6.54. The first-order valence-electron chi connectivity index (χ1n) is 6.64. The third-order valence-electron chi connectivity index (χ3n) is 2.64. The van der Waals surface area contributed by atoms with E-state index in [1.165, 1.54) is 0 Å². The maximum absolute atomic E-state index is 6.00. The van der Waals surface area contributed by atoms with Crippen LogP contribution < -0.4 is 0 Å². The maximum atomic E-state index is 6.00. The summed E-state index contributed by atoms with van der Waals surface area (Å²) in [5.74, 6) is 6.33. The monoisotopic (exact) mass is 259 g/mol. The van der Waals surface area contributed by atoms with Gasteiger partial charge in [-0.15, -0.1) is 0 Å². The molecule has 0 saturated carbocycles. The molecule has 97 valence electrons. The van der Waals surface area contributed by atoms with E-state index in [9.17, 15) is 0 Å². The summed E-state index contributed by atoms with van der Waals surface area (Å²) >= 11 is 0. The molecule has 0 aliphatic rings. The van der Waals surface area contributed by atoms with Gasteiger partial charge in [0.1, 0.15) is 0 Å². The van der Waals surface area contributed by atoms with E-state index in [2.05, 4.69) is 39.5 Å². The number of hydrogen-bond acceptors (Lipinski definition) is 1.